The van der Waals surface area contributed by atoms with Gasteiger partial charge in [-0.2, -0.15) is 0 Å². The Kier molecular flexibility index (Phi) is 62.7. The second-order valence-electron chi connectivity index (χ2n) is 21.6. The third-order valence-corrected chi connectivity index (χ3v) is 14.8. The predicted octanol–water partition coefficient (Wildman–Crippen LogP) is 21.5. The maximum Gasteiger partial charge on any atom is 0.472 e. The van der Waals surface area contributed by atoms with Gasteiger partial charge in [0.25, 0.3) is 0 Å². The Morgan fingerprint density at radius 2 is 0.642 bits per heavy atom. The van der Waals surface area contributed by atoms with Crippen molar-refractivity contribution in [2.45, 2.75) is 290 Å². The first-order chi connectivity index (χ1) is 39.8. The molecule has 10 heteroatoms. The molecule has 0 saturated carbocycles. The average molecular weight is 1150 g/mol. The van der Waals surface area contributed by atoms with Gasteiger partial charge in [0, 0.05) is 19.4 Å². The summed E-state index contributed by atoms with van der Waals surface area (Å²) in [4.78, 5) is 35.3. The molecule has 0 radical (unpaired) electrons. The van der Waals surface area contributed by atoms with E-state index in [-0.39, 0.29) is 38.6 Å². The van der Waals surface area contributed by atoms with Crippen LogP contribution in [0.25, 0.3) is 0 Å². The second-order valence-corrected chi connectivity index (χ2v) is 23.0. The molecule has 0 aliphatic carbocycles. The van der Waals surface area contributed by atoms with Crippen molar-refractivity contribution in [3.05, 3.63) is 122 Å². The standard InChI is InChI=1S/C71H122NO8P/c1-3-5-7-9-11-13-15-17-19-21-23-25-27-29-30-31-32-33-34-35-36-37-38-40-41-43-45-47-49-51-53-55-57-59-61-63-70(73)77-67-69(68-79-81(75,76)78-66-65-72)80-71(74)64-62-60-58-56-54-52-50-48-46-44-42-39-28-26-24-22-20-18-16-14-12-10-8-6-4-2/h5-8,11-14,17-20,23-26,39,42,46,48,69H,3-4,9-10,15-16,21-22,27-38,40-41,43-45,47,49-68,72H2,1-2H3,(H,75,76)/b7-5-,8-6-,13-11-,14-12-,19-17-,20-18-,25-23-,26-24-,42-39-,48-46-. The SMILES string of the molecule is CC/C=C\C/C=C\C/C=C\C/C=C\C/C=C\C/C=C\CCCCCCCCC(=O)OC(COC(=O)CCCCCCCCCCCCCCCCCCCCCCCC/C=C\C/C=C\C/C=C\C/C=C\CC)COP(=O)(O)OCCN. The molecular weight excluding hydrogens is 1030 g/mol. The summed E-state index contributed by atoms with van der Waals surface area (Å²) in [5.41, 5.74) is 5.39. The highest BCUT2D eigenvalue weighted by Crippen LogP contribution is 2.43. The summed E-state index contributed by atoms with van der Waals surface area (Å²) in [5.74, 6) is -0.842. The predicted molar refractivity (Wildman–Crippen MR) is 348 cm³/mol. The van der Waals surface area contributed by atoms with Crippen LogP contribution in [0.3, 0.4) is 0 Å². The number of allylic oxidation sites excluding steroid dienone is 20. The number of carbonyl (C=O) groups excluding carboxylic acids is 2. The number of esters is 2. The summed E-state index contributed by atoms with van der Waals surface area (Å²) in [5, 5.41) is 0. The van der Waals surface area contributed by atoms with Crippen molar-refractivity contribution >= 4 is 19.8 Å². The Morgan fingerprint density at radius 3 is 0.951 bits per heavy atom. The first-order valence-corrected chi connectivity index (χ1v) is 34.5. The molecule has 0 saturated heterocycles. The Morgan fingerprint density at radius 1 is 0.370 bits per heavy atom. The van der Waals surface area contributed by atoms with Crippen LogP contribution in [0, 0.1) is 0 Å². The Bertz CT molecular complexity index is 1740. The molecule has 464 valence electrons. The van der Waals surface area contributed by atoms with Crippen LogP contribution >= 0.6 is 7.82 Å². The van der Waals surface area contributed by atoms with Crippen LogP contribution in [-0.2, 0) is 32.7 Å². The van der Waals surface area contributed by atoms with Gasteiger partial charge in [-0.15, -0.1) is 0 Å². The van der Waals surface area contributed by atoms with Crippen molar-refractivity contribution in [2.75, 3.05) is 26.4 Å². The van der Waals surface area contributed by atoms with Crippen LogP contribution in [-0.4, -0.2) is 49.3 Å². The molecule has 0 rings (SSSR count). The molecule has 3 N–H and O–H groups in total. The maximum absolute atomic E-state index is 12.7. The minimum absolute atomic E-state index is 0.0462. The van der Waals surface area contributed by atoms with Crippen molar-refractivity contribution in [3.63, 3.8) is 0 Å². The van der Waals surface area contributed by atoms with E-state index < -0.39 is 26.5 Å². The van der Waals surface area contributed by atoms with E-state index >= 15 is 0 Å². The molecule has 9 nitrogen and oxygen atoms in total. The third kappa shape index (κ3) is 65.4. The minimum atomic E-state index is -4.40. The highest BCUT2D eigenvalue weighted by atomic mass is 31.2. The van der Waals surface area contributed by atoms with Gasteiger partial charge in [-0.25, -0.2) is 4.57 Å². The summed E-state index contributed by atoms with van der Waals surface area (Å²) in [6.45, 7) is 3.52. The molecule has 0 amide bonds. The zero-order valence-corrected chi connectivity index (χ0v) is 52.9. The molecule has 0 aliphatic rings. The van der Waals surface area contributed by atoms with E-state index in [0.29, 0.717) is 6.42 Å². The molecule has 0 spiro atoms. The van der Waals surface area contributed by atoms with Crippen LogP contribution in [0.2, 0.25) is 0 Å². The van der Waals surface area contributed by atoms with Crippen molar-refractivity contribution < 1.29 is 37.6 Å². The highest BCUT2D eigenvalue weighted by molar-refractivity contribution is 7.47. The molecule has 2 atom stereocenters. The zero-order valence-electron chi connectivity index (χ0n) is 52.0. The van der Waals surface area contributed by atoms with Crippen LogP contribution in [0.4, 0.5) is 0 Å². The third-order valence-electron chi connectivity index (χ3n) is 13.8. The smallest absolute Gasteiger partial charge is 0.462 e. The van der Waals surface area contributed by atoms with Gasteiger partial charge in [0.2, 0.25) is 0 Å². The topological polar surface area (TPSA) is 134 Å². The highest BCUT2D eigenvalue weighted by Gasteiger charge is 2.26. The number of ether oxygens (including phenoxy) is 2. The number of nitrogens with two attached hydrogens (primary N) is 1. The van der Waals surface area contributed by atoms with E-state index in [1.807, 2.05) is 0 Å². The van der Waals surface area contributed by atoms with Crippen molar-refractivity contribution in [2.24, 2.45) is 5.73 Å². The summed E-state index contributed by atoms with van der Waals surface area (Å²) >= 11 is 0. The summed E-state index contributed by atoms with van der Waals surface area (Å²) in [6.07, 6.45) is 91.4. The fourth-order valence-corrected chi connectivity index (χ4v) is 9.81. The largest absolute Gasteiger partial charge is 0.472 e. The van der Waals surface area contributed by atoms with E-state index in [1.54, 1.807) is 0 Å². The van der Waals surface area contributed by atoms with Crippen molar-refractivity contribution in [1.82, 2.24) is 0 Å². The van der Waals surface area contributed by atoms with Crippen LogP contribution in [0.15, 0.2) is 122 Å². The fourth-order valence-electron chi connectivity index (χ4n) is 9.04. The van der Waals surface area contributed by atoms with E-state index in [2.05, 4.69) is 135 Å². The average Bonchev–Trinajstić information content (AvgIpc) is 3.46. The lowest BCUT2D eigenvalue weighted by Crippen LogP contribution is -2.29. The van der Waals surface area contributed by atoms with Gasteiger partial charge in [-0.1, -0.05) is 289 Å². The molecule has 0 aromatic rings. The van der Waals surface area contributed by atoms with Gasteiger partial charge < -0.3 is 20.1 Å². The van der Waals surface area contributed by atoms with Gasteiger partial charge in [0.15, 0.2) is 6.10 Å². The molecule has 0 aromatic heterocycles. The number of rotatable bonds is 61. The number of unbranched alkanes of at least 4 members (excludes halogenated alkanes) is 28. The van der Waals surface area contributed by atoms with Gasteiger partial charge in [0.05, 0.1) is 13.2 Å². The minimum Gasteiger partial charge on any atom is -0.462 e. The number of hydrogen-bond donors (Lipinski definition) is 2. The molecule has 0 aliphatic heterocycles. The monoisotopic (exact) mass is 1150 g/mol. The Labute approximate surface area is 498 Å². The van der Waals surface area contributed by atoms with Crippen LogP contribution in [0.1, 0.15) is 284 Å². The molecule has 0 fully saturated rings. The molecule has 0 heterocycles. The lowest BCUT2D eigenvalue weighted by atomic mass is 10.0. The lowest BCUT2D eigenvalue weighted by Gasteiger charge is -2.19. The van der Waals surface area contributed by atoms with E-state index in [9.17, 15) is 19.0 Å². The molecule has 0 bridgehead atoms. The van der Waals surface area contributed by atoms with Gasteiger partial charge in [0.1, 0.15) is 6.61 Å². The number of phosphoric ester groups is 1. The molecule has 2 unspecified atom stereocenters. The van der Waals surface area contributed by atoms with Crippen LogP contribution < -0.4 is 5.73 Å². The molecule has 0 aromatic carbocycles. The summed E-state index contributed by atoms with van der Waals surface area (Å²) in [7, 11) is -4.40. The first kappa shape index (κ1) is 77.4. The van der Waals surface area contributed by atoms with Gasteiger partial charge >= 0.3 is 19.8 Å². The van der Waals surface area contributed by atoms with E-state index in [1.165, 1.54) is 128 Å². The number of phosphoric acid groups is 1. The summed E-state index contributed by atoms with van der Waals surface area (Å²) < 4.78 is 33.1. The fraction of sp³-hybridized carbons (Fsp3) is 0.690. The summed E-state index contributed by atoms with van der Waals surface area (Å²) in [6, 6.07) is 0. The van der Waals surface area contributed by atoms with Gasteiger partial charge in [-0.3, -0.25) is 18.6 Å². The number of hydrogen-bond acceptors (Lipinski definition) is 8. The maximum atomic E-state index is 12.7. The molecule has 81 heavy (non-hydrogen) atoms. The Hall–Kier alpha value is -3.59. The number of carbonyl (C=O) groups is 2. The first-order valence-electron chi connectivity index (χ1n) is 33.0. The molecular formula is C71H122NO8P. The second kappa shape index (κ2) is 65.6. The van der Waals surface area contributed by atoms with Crippen molar-refractivity contribution in [1.29, 1.82) is 0 Å². The van der Waals surface area contributed by atoms with Gasteiger partial charge in [-0.05, 0) is 103 Å². The quantitative estimate of drug-likeness (QED) is 0.0264. The zero-order chi connectivity index (χ0) is 58.7. The van der Waals surface area contributed by atoms with Crippen molar-refractivity contribution in [3.8, 4) is 0 Å². The Balaban J connectivity index is 3.90. The lowest BCUT2D eigenvalue weighted by molar-refractivity contribution is -0.161. The van der Waals surface area contributed by atoms with E-state index in [4.69, 9.17) is 24.3 Å². The van der Waals surface area contributed by atoms with E-state index in [0.717, 1.165) is 122 Å². The normalized spacial score (nSPS) is 13.8. The van der Waals surface area contributed by atoms with Crippen LogP contribution in [0.5, 0.6) is 0 Å².